The number of nitrogens with one attached hydrogen (secondary N) is 1. The van der Waals surface area contributed by atoms with Gasteiger partial charge in [-0.2, -0.15) is 13.2 Å². The second-order valence-corrected chi connectivity index (χ2v) is 7.10. The predicted octanol–water partition coefficient (Wildman–Crippen LogP) is 6.65. The average molecular weight is 420 g/mol. The van der Waals surface area contributed by atoms with Gasteiger partial charge >= 0.3 is 6.18 Å². The Morgan fingerprint density at radius 1 is 0.871 bits per heavy atom. The molecule has 0 aliphatic heterocycles. The quantitative estimate of drug-likeness (QED) is 0.355. The summed E-state index contributed by atoms with van der Waals surface area (Å²) in [6.45, 7) is 0. The zero-order valence-electron chi connectivity index (χ0n) is 16.0. The van der Waals surface area contributed by atoms with E-state index < -0.39 is 17.6 Å². The van der Waals surface area contributed by atoms with Crippen molar-refractivity contribution in [1.29, 1.82) is 0 Å². The van der Waals surface area contributed by atoms with E-state index in [9.17, 15) is 18.0 Å². The number of rotatable bonds is 3. The first-order valence-corrected chi connectivity index (χ1v) is 9.47. The molecule has 0 saturated carbocycles. The minimum Gasteiger partial charge on any atom is -0.464 e. The number of fused-ring (bicyclic) bond motifs is 2. The van der Waals surface area contributed by atoms with Crippen molar-refractivity contribution in [3.05, 3.63) is 96.4 Å². The number of carbonyl (C=O) groups excluding carboxylic acids is 1. The topological polar surface area (TPSA) is 47.2 Å². The summed E-state index contributed by atoms with van der Waals surface area (Å²) in [6.07, 6.45) is -2.93. The lowest BCUT2D eigenvalue weighted by Gasteiger charge is -2.14. The van der Waals surface area contributed by atoms with E-state index in [1.807, 2.05) is 12.1 Å². The van der Waals surface area contributed by atoms with Crippen molar-refractivity contribution >= 4 is 33.5 Å². The SMILES string of the molecule is O=C(Nc1ccc2occc2c1)c1cc2ccccc2n1-c1cccc(C(F)(F)F)c1. The predicted molar refractivity (Wildman–Crippen MR) is 112 cm³/mol. The zero-order chi connectivity index (χ0) is 21.6. The fourth-order valence-electron chi connectivity index (χ4n) is 3.66. The Balaban J connectivity index is 1.61. The molecule has 3 aromatic carbocycles. The van der Waals surface area contributed by atoms with Gasteiger partial charge in [-0.3, -0.25) is 4.79 Å². The number of furan rings is 1. The Kier molecular flexibility index (Phi) is 4.32. The molecular weight excluding hydrogens is 405 g/mol. The summed E-state index contributed by atoms with van der Waals surface area (Å²) in [7, 11) is 0. The maximum absolute atomic E-state index is 13.3. The number of alkyl halides is 3. The largest absolute Gasteiger partial charge is 0.464 e. The number of benzene rings is 3. The van der Waals surface area contributed by atoms with Crippen molar-refractivity contribution < 1.29 is 22.4 Å². The molecular formula is C24H15F3N2O2. The summed E-state index contributed by atoms with van der Waals surface area (Å²) in [5.74, 6) is -0.434. The molecule has 1 N–H and O–H groups in total. The van der Waals surface area contributed by atoms with Crippen molar-refractivity contribution in [1.82, 2.24) is 4.57 Å². The van der Waals surface area contributed by atoms with Crippen molar-refractivity contribution in [2.24, 2.45) is 0 Å². The van der Waals surface area contributed by atoms with E-state index in [0.717, 1.165) is 22.9 Å². The molecule has 2 heterocycles. The summed E-state index contributed by atoms with van der Waals surface area (Å²) in [6, 6.07) is 20.8. The third-order valence-electron chi connectivity index (χ3n) is 5.09. The molecule has 0 fully saturated rings. The van der Waals surface area contributed by atoms with Crippen LogP contribution in [0.5, 0.6) is 0 Å². The molecule has 1 amide bonds. The molecule has 0 aliphatic rings. The van der Waals surface area contributed by atoms with Gasteiger partial charge in [0.25, 0.3) is 5.91 Å². The molecule has 0 radical (unpaired) electrons. The van der Waals surface area contributed by atoms with Gasteiger partial charge in [0.15, 0.2) is 0 Å². The molecule has 5 rings (SSSR count). The minimum atomic E-state index is -4.48. The summed E-state index contributed by atoms with van der Waals surface area (Å²) < 4.78 is 46.7. The number of carbonyl (C=O) groups is 1. The van der Waals surface area contributed by atoms with Crippen LogP contribution < -0.4 is 5.32 Å². The van der Waals surface area contributed by atoms with Gasteiger partial charge in [-0.05, 0) is 54.6 Å². The molecule has 0 unspecified atom stereocenters. The molecule has 0 bridgehead atoms. The first kappa shape index (κ1) is 19.0. The van der Waals surface area contributed by atoms with Crippen LogP contribution in [0.3, 0.4) is 0 Å². The van der Waals surface area contributed by atoms with E-state index in [2.05, 4.69) is 5.32 Å². The maximum atomic E-state index is 13.3. The normalized spacial score (nSPS) is 11.8. The van der Waals surface area contributed by atoms with Crippen LogP contribution >= 0.6 is 0 Å². The number of para-hydroxylation sites is 1. The van der Waals surface area contributed by atoms with Gasteiger partial charge in [0.2, 0.25) is 0 Å². The molecule has 31 heavy (non-hydrogen) atoms. The Bertz CT molecular complexity index is 1430. The number of hydrogen-bond donors (Lipinski definition) is 1. The monoisotopic (exact) mass is 420 g/mol. The second-order valence-electron chi connectivity index (χ2n) is 7.10. The summed E-state index contributed by atoms with van der Waals surface area (Å²) in [5.41, 5.74) is 1.59. The highest BCUT2D eigenvalue weighted by molar-refractivity contribution is 6.07. The van der Waals surface area contributed by atoms with Gasteiger partial charge in [0, 0.05) is 22.1 Å². The maximum Gasteiger partial charge on any atom is 0.416 e. The lowest BCUT2D eigenvalue weighted by molar-refractivity contribution is -0.137. The van der Waals surface area contributed by atoms with Gasteiger partial charge in [-0.1, -0.05) is 24.3 Å². The highest BCUT2D eigenvalue weighted by atomic mass is 19.4. The second kappa shape index (κ2) is 7.05. The van der Waals surface area contributed by atoms with Crippen LogP contribution in [0.15, 0.2) is 89.5 Å². The van der Waals surface area contributed by atoms with Crippen LogP contribution in [0, 0.1) is 0 Å². The van der Waals surface area contributed by atoms with Gasteiger partial charge in [-0.25, -0.2) is 0 Å². The van der Waals surface area contributed by atoms with Gasteiger partial charge < -0.3 is 14.3 Å². The molecule has 0 spiro atoms. The van der Waals surface area contributed by atoms with Crippen molar-refractivity contribution in [3.8, 4) is 5.69 Å². The van der Waals surface area contributed by atoms with Crippen LogP contribution in [-0.4, -0.2) is 10.5 Å². The summed E-state index contributed by atoms with van der Waals surface area (Å²) >= 11 is 0. The van der Waals surface area contributed by atoms with Gasteiger partial charge in [0.05, 0.1) is 17.3 Å². The number of nitrogens with zero attached hydrogens (tertiary/aromatic N) is 1. The first-order chi connectivity index (χ1) is 14.9. The highest BCUT2D eigenvalue weighted by Gasteiger charge is 2.31. The van der Waals surface area contributed by atoms with Crippen LogP contribution in [0.2, 0.25) is 0 Å². The third kappa shape index (κ3) is 3.44. The zero-order valence-corrected chi connectivity index (χ0v) is 16.0. The molecule has 7 heteroatoms. The van der Waals surface area contributed by atoms with Crippen LogP contribution in [0.25, 0.3) is 27.6 Å². The lowest BCUT2D eigenvalue weighted by Crippen LogP contribution is -2.16. The van der Waals surface area contributed by atoms with Crippen LogP contribution in [0.1, 0.15) is 16.1 Å². The van der Waals surface area contributed by atoms with E-state index in [1.54, 1.807) is 54.8 Å². The molecule has 0 atom stereocenters. The third-order valence-corrected chi connectivity index (χ3v) is 5.09. The van der Waals surface area contributed by atoms with E-state index in [1.165, 1.54) is 10.6 Å². The number of hydrogen-bond acceptors (Lipinski definition) is 2. The Hall–Kier alpha value is -4.00. The molecule has 0 aliphatic carbocycles. The Morgan fingerprint density at radius 2 is 1.71 bits per heavy atom. The van der Waals surface area contributed by atoms with E-state index in [4.69, 9.17) is 4.42 Å². The number of aromatic nitrogens is 1. The average Bonchev–Trinajstić information content (AvgIpc) is 3.37. The molecule has 5 aromatic rings. The van der Waals surface area contributed by atoms with E-state index in [-0.39, 0.29) is 11.4 Å². The number of halogens is 3. The Morgan fingerprint density at radius 3 is 2.55 bits per heavy atom. The molecule has 2 aromatic heterocycles. The first-order valence-electron chi connectivity index (χ1n) is 9.47. The molecule has 0 saturated heterocycles. The van der Waals surface area contributed by atoms with Gasteiger partial charge in [-0.15, -0.1) is 0 Å². The number of amides is 1. The fraction of sp³-hybridized carbons (Fsp3) is 0.0417. The minimum absolute atomic E-state index is 0.229. The van der Waals surface area contributed by atoms with Crippen molar-refractivity contribution in [2.75, 3.05) is 5.32 Å². The number of anilines is 1. The van der Waals surface area contributed by atoms with Crippen molar-refractivity contribution in [2.45, 2.75) is 6.18 Å². The van der Waals surface area contributed by atoms with E-state index in [0.29, 0.717) is 16.8 Å². The fourth-order valence-corrected chi connectivity index (χ4v) is 3.66. The molecule has 154 valence electrons. The molecule has 4 nitrogen and oxygen atoms in total. The highest BCUT2D eigenvalue weighted by Crippen LogP contribution is 2.32. The van der Waals surface area contributed by atoms with Crippen LogP contribution in [-0.2, 0) is 6.18 Å². The van der Waals surface area contributed by atoms with Crippen molar-refractivity contribution in [3.63, 3.8) is 0 Å². The standard InChI is InChI=1S/C24H15F3N2O2/c25-24(26,27)17-5-3-6-19(14-17)29-20-7-2-1-4-15(20)13-21(29)23(30)28-18-8-9-22-16(12-18)10-11-31-22/h1-14H,(H,28,30). The summed E-state index contributed by atoms with van der Waals surface area (Å²) in [4.78, 5) is 13.2. The van der Waals surface area contributed by atoms with Gasteiger partial charge in [0.1, 0.15) is 11.3 Å². The Labute approximate surface area is 174 Å². The lowest BCUT2D eigenvalue weighted by atomic mass is 10.2. The summed E-state index contributed by atoms with van der Waals surface area (Å²) in [5, 5.41) is 4.41. The van der Waals surface area contributed by atoms with E-state index >= 15 is 0 Å². The smallest absolute Gasteiger partial charge is 0.416 e. The van der Waals surface area contributed by atoms with Crippen LogP contribution in [0.4, 0.5) is 18.9 Å².